The van der Waals surface area contributed by atoms with Gasteiger partial charge >= 0.3 is 0 Å². The summed E-state index contributed by atoms with van der Waals surface area (Å²) in [4.78, 5) is 35.5. The van der Waals surface area contributed by atoms with Gasteiger partial charge in [-0.3, -0.25) is 14.5 Å². The van der Waals surface area contributed by atoms with Crippen molar-refractivity contribution in [2.75, 3.05) is 11.9 Å². The third-order valence-electron chi connectivity index (χ3n) is 4.59. The van der Waals surface area contributed by atoms with Crippen molar-refractivity contribution in [3.8, 4) is 11.1 Å². The van der Waals surface area contributed by atoms with Crippen molar-refractivity contribution >= 4 is 50.9 Å². The Bertz CT molecular complexity index is 1100. The molecule has 31 heavy (non-hydrogen) atoms. The molecule has 4 rings (SSSR count). The highest BCUT2D eigenvalue weighted by molar-refractivity contribution is 8.15. The molecule has 0 bridgehead atoms. The molecule has 6 nitrogen and oxygen atoms in total. The van der Waals surface area contributed by atoms with Crippen LogP contribution in [0.3, 0.4) is 0 Å². The number of nitrogens with zero attached hydrogens (tertiary/aromatic N) is 3. The maximum atomic E-state index is 12.8. The van der Waals surface area contributed by atoms with Crippen LogP contribution < -0.4 is 5.32 Å². The van der Waals surface area contributed by atoms with Gasteiger partial charge in [-0.2, -0.15) is 4.99 Å². The molecule has 1 fully saturated rings. The molecule has 0 aliphatic carbocycles. The van der Waals surface area contributed by atoms with E-state index in [2.05, 4.69) is 21.9 Å². The minimum absolute atomic E-state index is 0.0640. The fourth-order valence-corrected chi connectivity index (χ4v) is 4.84. The van der Waals surface area contributed by atoms with Crippen molar-refractivity contribution in [3.63, 3.8) is 0 Å². The van der Waals surface area contributed by atoms with Crippen LogP contribution in [0.1, 0.15) is 6.42 Å². The van der Waals surface area contributed by atoms with Crippen LogP contribution in [-0.2, 0) is 9.59 Å². The zero-order valence-electron chi connectivity index (χ0n) is 16.6. The van der Waals surface area contributed by atoms with Crippen LogP contribution in [0.15, 0.2) is 83.8 Å². The van der Waals surface area contributed by atoms with Crippen molar-refractivity contribution in [1.29, 1.82) is 0 Å². The molecule has 2 amide bonds. The number of thiazole rings is 1. The first-order chi connectivity index (χ1) is 15.1. The van der Waals surface area contributed by atoms with Crippen molar-refractivity contribution in [3.05, 3.63) is 78.8 Å². The topological polar surface area (TPSA) is 74.7 Å². The lowest BCUT2D eigenvalue weighted by molar-refractivity contribution is -0.127. The van der Waals surface area contributed by atoms with E-state index >= 15 is 0 Å². The number of anilines is 1. The standard InChI is InChI=1S/C23H20N4O2S2/c1-2-13-27-21(29)19(31-23(27)26-22-24-12-14-30-22)15-20(28)25-18-10-8-17(9-11-18)16-6-4-3-5-7-16/h2-12,14,19H,1,13,15H2,(H,25,28)/b26-23+. The average molecular weight is 449 g/mol. The molecular formula is C23H20N4O2S2. The lowest BCUT2D eigenvalue weighted by Gasteiger charge is -2.13. The van der Waals surface area contributed by atoms with E-state index in [9.17, 15) is 9.59 Å². The zero-order chi connectivity index (χ0) is 21.6. The van der Waals surface area contributed by atoms with Gasteiger partial charge in [0.05, 0.1) is 0 Å². The summed E-state index contributed by atoms with van der Waals surface area (Å²) in [5, 5.41) is 5.31. The SMILES string of the molecule is C=CCN1C(=O)C(CC(=O)Nc2ccc(-c3ccccc3)cc2)S/C1=N/c1nccs1. The third kappa shape index (κ3) is 5.10. The zero-order valence-corrected chi connectivity index (χ0v) is 18.2. The number of thioether (sulfide) groups is 1. The second-order valence-corrected chi connectivity index (χ2v) is 8.79. The Balaban J connectivity index is 1.41. The first-order valence-corrected chi connectivity index (χ1v) is 11.4. The summed E-state index contributed by atoms with van der Waals surface area (Å²) in [6.07, 6.45) is 3.37. The maximum absolute atomic E-state index is 12.8. The van der Waals surface area contributed by atoms with E-state index < -0.39 is 5.25 Å². The smallest absolute Gasteiger partial charge is 0.242 e. The molecule has 1 unspecified atom stereocenters. The van der Waals surface area contributed by atoms with Gasteiger partial charge in [-0.1, -0.05) is 60.3 Å². The summed E-state index contributed by atoms with van der Waals surface area (Å²) >= 11 is 2.68. The van der Waals surface area contributed by atoms with Gasteiger partial charge in [0.25, 0.3) is 0 Å². The van der Waals surface area contributed by atoms with E-state index in [-0.39, 0.29) is 18.2 Å². The van der Waals surface area contributed by atoms with Gasteiger partial charge in [-0.05, 0) is 23.3 Å². The highest BCUT2D eigenvalue weighted by Gasteiger charge is 2.38. The Labute approximate surface area is 188 Å². The van der Waals surface area contributed by atoms with E-state index in [0.717, 1.165) is 11.1 Å². The van der Waals surface area contributed by atoms with Gasteiger partial charge in [-0.25, -0.2) is 4.98 Å². The summed E-state index contributed by atoms with van der Waals surface area (Å²) in [6.45, 7) is 4.05. The number of nitrogens with one attached hydrogen (secondary N) is 1. The molecule has 1 atom stereocenters. The number of aliphatic imine (C=N–C) groups is 1. The van der Waals surface area contributed by atoms with Gasteiger partial charge in [0.1, 0.15) is 5.25 Å². The van der Waals surface area contributed by atoms with Crippen molar-refractivity contribution in [2.24, 2.45) is 4.99 Å². The molecular weight excluding hydrogens is 428 g/mol. The lowest BCUT2D eigenvalue weighted by atomic mass is 10.1. The van der Waals surface area contributed by atoms with Crippen molar-refractivity contribution in [1.82, 2.24) is 9.88 Å². The van der Waals surface area contributed by atoms with Crippen LogP contribution in [0.2, 0.25) is 0 Å². The number of benzene rings is 2. The quantitative estimate of drug-likeness (QED) is 0.519. The van der Waals surface area contributed by atoms with E-state index in [4.69, 9.17) is 0 Å². The van der Waals surface area contributed by atoms with Crippen molar-refractivity contribution in [2.45, 2.75) is 11.7 Å². The monoisotopic (exact) mass is 448 g/mol. The van der Waals surface area contributed by atoms with Crippen LogP contribution in [0.25, 0.3) is 11.1 Å². The number of amides is 2. The maximum Gasteiger partial charge on any atom is 0.242 e. The molecule has 8 heteroatoms. The van der Waals surface area contributed by atoms with Gasteiger partial charge < -0.3 is 5.32 Å². The van der Waals surface area contributed by atoms with E-state index in [0.29, 0.717) is 22.5 Å². The van der Waals surface area contributed by atoms with Crippen molar-refractivity contribution < 1.29 is 9.59 Å². The van der Waals surface area contributed by atoms with E-state index in [1.54, 1.807) is 17.2 Å². The largest absolute Gasteiger partial charge is 0.326 e. The van der Waals surface area contributed by atoms with Crippen LogP contribution >= 0.6 is 23.1 Å². The van der Waals surface area contributed by atoms with Gasteiger partial charge in [0.15, 0.2) is 5.17 Å². The molecule has 1 saturated heterocycles. The number of hydrogen-bond acceptors (Lipinski definition) is 6. The first-order valence-electron chi connectivity index (χ1n) is 9.66. The summed E-state index contributed by atoms with van der Waals surface area (Å²) in [5.41, 5.74) is 2.88. The van der Waals surface area contributed by atoms with Crippen LogP contribution in [0.4, 0.5) is 10.8 Å². The Morgan fingerprint density at radius 2 is 1.90 bits per heavy atom. The third-order valence-corrected chi connectivity index (χ3v) is 6.43. The van der Waals surface area contributed by atoms with Crippen LogP contribution in [-0.4, -0.2) is 38.7 Å². The molecule has 0 radical (unpaired) electrons. The number of rotatable bonds is 7. The molecule has 0 saturated carbocycles. The average Bonchev–Trinajstić information content (AvgIpc) is 3.39. The summed E-state index contributed by atoms with van der Waals surface area (Å²) in [6, 6.07) is 17.7. The molecule has 1 aromatic heterocycles. The molecule has 1 aliphatic heterocycles. The molecule has 1 N–H and O–H groups in total. The lowest BCUT2D eigenvalue weighted by Crippen LogP contribution is -2.33. The molecule has 0 spiro atoms. The highest BCUT2D eigenvalue weighted by Crippen LogP contribution is 2.32. The number of carbonyl (C=O) groups is 2. The Morgan fingerprint density at radius 1 is 1.16 bits per heavy atom. The molecule has 156 valence electrons. The number of hydrogen-bond donors (Lipinski definition) is 1. The van der Waals surface area contributed by atoms with Gasteiger partial charge in [-0.15, -0.1) is 17.9 Å². The highest BCUT2D eigenvalue weighted by atomic mass is 32.2. The summed E-state index contributed by atoms with van der Waals surface area (Å²) in [5.74, 6) is -0.359. The molecule has 3 aromatic rings. The summed E-state index contributed by atoms with van der Waals surface area (Å²) in [7, 11) is 0. The Kier molecular flexibility index (Phi) is 6.59. The van der Waals surface area contributed by atoms with Crippen LogP contribution in [0, 0.1) is 0 Å². The fraction of sp³-hybridized carbons (Fsp3) is 0.130. The molecule has 1 aliphatic rings. The second-order valence-electron chi connectivity index (χ2n) is 6.75. The number of amidine groups is 1. The Hall–Kier alpha value is -3.23. The van der Waals surface area contributed by atoms with Gasteiger partial charge in [0, 0.05) is 30.2 Å². The fourth-order valence-electron chi connectivity index (χ4n) is 3.13. The number of carbonyl (C=O) groups excluding carboxylic acids is 2. The molecule has 2 aromatic carbocycles. The van der Waals surface area contributed by atoms with Gasteiger partial charge in [0.2, 0.25) is 16.9 Å². The number of aromatic nitrogens is 1. The van der Waals surface area contributed by atoms with E-state index in [1.807, 2.05) is 60.0 Å². The first kappa shape index (κ1) is 21.0. The minimum Gasteiger partial charge on any atom is -0.326 e. The normalized spacial score (nSPS) is 17.2. The van der Waals surface area contributed by atoms with E-state index in [1.165, 1.54) is 23.1 Å². The second kappa shape index (κ2) is 9.72. The Morgan fingerprint density at radius 3 is 2.58 bits per heavy atom. The summed E-state index contributed by atoms with van der Waals surface area (Å²) < 4.78 is 0. The van der Waals surface area contributed by atoms with Crippen LogP contribution in [0.5, 0.6) is 0 Å². The minimum atomic E-state index is -0.526. The predicted molar refractivity (Wildman–Crippen MR) is 128 cm³/mol. The predicted octanol–water partition coefficient (Wildman–Crippen LogP) is 4.96. The molecule has 2 heterocycles.